The van der Waals surface area contributed by atoms with Crippen molar-refractivity contribution in [3.8, 4) is 0 Å². The Morgan fingerprint density at radius 1 is 1.33 bits per heavy atom. The van der Waals surface area contributed by atoms with E-state index in [-0.39, 0.29) is 36.8 Å². The second-order valence-electron chi connectivity index (χ2n) is 5.42. The maximum Gasteiger partial charge on any atom is 0.227 e. The van der Waals surface area contributed by atoms with Gasteiger partial charge in [-0.1, -0.05) is 0 Å². The van der Waals surface area contributed by atoms with Crippen molar-refractivity contribution in [3.63, 3.8) is 0 Å². The number of aryl methyl sites for hydroxylation is 2. The molecule has 1 aromatic rings. The zero-order chi connectivity index (χ0) is 14.0. The highest BCUT2D eigenvalue weighted by molar-refractivity contribution is 5.85. The number of likely N-dealkylation sites (tertiary alicyclic amines) is 1. The number of nitrogens with two attached hydrogens (primary N) is 1. The minimum Gasteiger partial charge on any atom is -0.338 e. The summed E-state index contributed by atoms with van der Waals surface area (Å²) >= 11 is 0. The number of piperidine rings is 1. The third kappa shape index (κ3) is 4.34. The van der Waals surface area contributed by atoms with E-state index >= 15 is 0 Å². The second-order valence-corrected chi connectivity index (χ2v) is 5.42. The molecule has 1 unspecified atom stereocenters. The molecule has 0 bridgehead atoms. The minimum atomic E-state index is 0. The number of amides is 1. The number of hydrogen-bond donors (Lipinski definition) is 1. The van der Waals surface area contributed by atoms with E-state index < -0.39 is 0 Å². The van der Waals surface area contributed by atoms with E-state index in [1.165, 1.54) is 6.42 Å². The van der Waals surface area contributed by atoms with Gasteiger partial charge in [-0.25, -0.2) is 0 Å². The van der Waals surface area contributed by atoms with E-state index in [9.17, 15) is 4.79 Å². The molecule has 1 amide bonds. The largest absolute Gasteiger partial charge is 0.338 e. The Balaban J connectivity index is 0.00000200. The fourth-order valence-electron chi connectivity index (χ4n) is 2.90. The molecule has 0 aliphatic carbocycles. The lowest BCUT2D eigenvalue weighted by atomic mass is 10.0. The van der Waals surface area contributed by atoms with Gasteiger partial charge in [-0.15, -0.1) is 24.8 Å². The van der Waals surface area contributed by atoms with Crippen LogP contribution in [0.3, 0.4) is 0 Å². The van der Waals surface area contributed by atoms with Crippen LogP contribution in [0.4, 0.5) is 0 Å². The van der Waals surface area contributed by atoms with Gasteiger partial charge in [0, 0.05) is 37.4 Å². The summed E-state index contributed by atoms with van der Waals surface area (Å²) in [5.41, 5.74) is 8.87. The predicted molar refractivity (Wildman–Crippen MR) is 89.3 cm³/mol. The normalized spacial score (nSPS) is 17.9. The smallest absolute Gasteiger partial charge is 0.227 e. The van der Waals surface area contributed by atoms with Crippen LogP contribution in [0.2, 0.25) is 0 Å². The van der Waals surface area contributed by atoms with Gasteiger partial charge in [-0.05, 0) is 33.1 Å². The number of aromatic nitrogens is 2. The highest BCUT2D eigenvalue weighted by atomic mass is 35.5. The van der Waals surface area contributed by atoms with E-state index in [0.717, 1.165) is 36.3 Å². The number of rotatable bonds is 3. The van der Waals surface area contributed by atoms with Crippen LogP contribution >= 0.6 is 24.8 Å². The molecule has 0 radical (unpaired) electrons. The summed E-state index contributed by atoms with van der Waals surface area (Å²) in [4.78, 5) is 14.5. The molecular formula is C14H26Cl2N4O. The number of carbonyl (C=O) groups excluding carboxylic acids is 1. The van der Waals surface area contributed by atoms with Crippen molar-refractivity contribution in [3.05, 3.63) is 17.0 Å². The van der Waals surface area contributed by atoms with Gasteiger partial charge in [0.05, 0.1) is 12.1 Å². The molecule has 1 fully saturated rings. The molecule has 1 aliphatic rings. The highest BCUT2D eigenvalue weighted by Crippen LogP contribution is 2.19. The van der Waals surface area contributed by atoms with Crippen LogP contribution in [0.15, 0.2) is 0 Å². The van der Waals surface area contributed by atoms with Crippen LogP contribution in [0, 0.1) is 13.8 Å². The first-order chi connectivity index (χ1) is 9.04. The Bertz CT molecular complexity index is 476. The van der Waals surface area contributed by atoms with Gasteiger partial charge in [0.2, 0.25) is 5.91 Å². The lowest BCUT2D eigenvalue weighted by Crippen LogP contribution is -2.48. The first-order valence-corrected chi connectivity index (χ1v) is 7.03. The van der Waals surface area contributed by atoms with E-state index in [1.54, 1.807) is 0 Å². The van der Waals surface area contributed by atoms with Gasteiger partial charge < -0.3 is 10.6 Å². The Hall–Kier alpha value is -0.780. The molecule has 7 heteroatoms. The van der Waals surface area contributed by atoms with Crippen LogP contribution in [0.5, 0.6) is 0 Å². The summed E-state index contributed by atoms with van der Waals surface area (Å²) in [6.45, 7) is 5.39. The van der Waals surface area contributed by atoms with E-state index in [0.29, 0.717) is 13.0 Å². The zero-order valence-electron chi connectivity index (χ0n) is 13.0. The number of hydrogen-bond acceptors (Lipinski definition) is 3. The molecule has 122 valence electrons. The minimum absolute atomic E-state index is 0. The van der Waals surface area contributed by atoms with E-state index in [2.05, 4.69) is 5.10 Å². The standard InChI is InChI=1S/C14H24N4O.2ClH/c1-10-13(11(2)17(3)16-10)8-14(19)18-7-5-4-6-12(18)9-15;;/h12H,4-9,15H2,1-3H3;2*1H. The zero-order valence-corrected chi connectivity index (χ0v) is 14.6. The van der Waals surface area contributed by atoms with Crippen molar-refractivity contribution in [2.75, 3.05) is 13.1 Å². The van der Waals surface area contributed by atoms with Gasteiger partial charge in [0.25, 0.3) is 0 Å². The van der Waals surface area contributed by atoms with Crippen molar-refractivity contribution in [2.45, 2.75) is 45.6 Å². The Kier molecular flexibility index (Phi) is 8.29. The van der Waals surface area contributed by atoms with Crippen LogP contribution in [0.25, 0.3) is 0 Å². The summed E-state index contributed by atoms with van der Waals surface area (Å²) in [7, 11) is 1.92. The average molecular weight is 337 g/mol. The Morgan fingerprint density at radius 3 is 2.52 bits per heavy atom. The van der Waals surface area contributed by atoms with E-state index in [4.69, 9.17) is 5.73 Å². The predicted octanol–water partition coefficient (Wildman–Crippen LogP) is 1.76. The van der Waals surface area contributed by atoms with Crippen molar-refractivity contribution in [1.29, 1.82) is 0 Å². The van der Waals surface area contributed by atoms with Crippen molar-refractivity contribution in [1.82, 2.24) is 14.7 Å². The Morgan fingerprint density at radius 2 is 2.00 bits per heavy atom. The molecule has 21 heavy (non-hydrogen) atoms. The molecule has 0 aromatic carbocycles. The van der Waals surface area contributed by atoms with Gasteiger partial charge in [-0.3, -0.25) is 9.48 Å². The summed E-state index contributed by atoms with van der Waals surface area (Å²) in [6, 6.07) is 0.221. The fraction of sp³-hybridized carbons (Fsp3) is 0.714. The molecule has 1 atom stereocenters. The van der Waals surface area contributed by atoms with Crippen LogP contribution in [-0.4, -0.2) is 39.7 Å². The molecular weight excluding hydrogens is 311 g/mol. The number of nitrogens with zero attached hydrogens (tertiary/aromatic N) is 3. The molecule has 0 spiro atoms. The first kappa shape index (κ1) is 20.2. The van der Waals surface area contributed by atoms with Gasteiger partial charge >= 0.3 is 0 Å². The van der Waals surface area contributed by atoms with Gasteiger partial charge in [-0.2, -0.15) is 5.10 Å². The molecule has 1 aliphatic heterocycles. The Labute approximate surface area is 139 Å². The topological polar surface area (TPSA) is 64.2 Å². The maximum atomic E-state index is 12.5. The average Bonchev–Trinajstić information content (AvgIpc) is 2.65. The lowest BCUT2D eigenvalue weighted by molar-refractivity contribution is -0.133. The number of carbonyl (C=O) groups is 1. The molecule has 2 heterocycles. The quantitative estimate of drug-likeness (QED) is 0.914. The monoisotopic (exact) mass is 336 g/mol. The molecule has 2 rings (SSSR count). The summed E-state index contributed by atoms with van der Waals surface area (Å²) in [5.74, 6) is 0.189. The third-order valence-electron chi connectivity index (χ3n) is 4.21. The van der Waals surface area contributed by atoms with Crippen molar-refractivity contribution >= 4 is 30.7 Å². The van der Waals surface area contributed by atoms with Gasteiger partial charge in [0.1, 0.15) is 0 Å². The summed E-state index contributed by atoms with van der Waals surface area (Å²) < 4.78 is 1.84. The van der Waals surface area contributed by atoms with Crippen molar-refractivity contribution < 1.29 is 4.79 Å². The summed E-state index contributed by atoms with van der Waals surface area (Å²) in [6.07, 6.45) is 3.75. The molecule has 5 nitrogen and oxygen atoms in total. The highest BCUT2D eigenvalue weighted by Gasteiger charge is 2.26. The molecule has 0 saturated carbocycles. The van der Waals surface area contributed by atoms with Crippen molar-refractivity contribution in [2.24, 2.45) is 12.8 Å². The van der Waals surface area contributed by atoms with Crippen LogP contribution in [0.1, 0.15) is 36.2 Å². The molecule has 2 N–H and O–H groups in total. The summed E-state index contributed by atoms with van der Waals surface area (Å²) in [5, 5.41) is 4.37. The number of halogens is 2. The third-order valence-corrected chi connectivity index (χ3v) is 4.21. The first-order valence-electron chi connectivity index (χ1n) is 7.03. The lowest BCUT2D eigenvalue weighted by Gasteiger charge is -2.35. The molecule has 1 saturated heterocycles. The van der Waals surface area contributed by atoms with E-state index in [1.807, 2.05) is 30.5 Å². The maximum absolute atomic E-state index is 12.5. The van der Waals surface area contributed by atoms with Crippen LogP contribution in [-0.2, 0) is 18.3 Å². The second kappa shape index (κ2) is 8.61. The SMILES string of the molecule is Cc1nn(C)c(C)c1CC(=O)N1CCCCC1CN.Cl.Cl. The molecule has 1 aromatic heterocycles. The van der Waals surface area contributed by atoms with Crippen LogP contribution < -0.4 is 5.73 Å². The fourth-order valence-corrected chi connectivity index (χ4v) is 2.90. The van der Waals surface area contributed by atoms with Gasteiger partial charge in [0.15, 0.2) is 0 Å².